The number of benzene rings is 3. The molecular formula is C46H48N10O18S. The van der Waals surface area contributed by atoms with Crippen molar-refractivity contribution < 1.29 is 72.8 Å². The number of carboxylic acid groups (broad SMARTS) is 1. The third-order valence-corrected chi connectivity index (χ3v) is 14.1. The number of aliphatic hydroxyl groups excluding tert-OH is 1. The van der Waals surface area contributed by atoms with Crippen molar-refractivity contribution >= 4 is 76.8 Å². The van der Waals surface area contributed by atoms with Gasteiger partial charge >= 0.3 is 24.2 Å². The number of nitrogens with one attached hydrogen (secondary N) is 3. The van der Waals surface area contributed by atoms with E-state index in [1.54, 1.807) is 6.92 Å². The predicted octanol–water partition coefficient (Wildman–Crippen LogP) is 3.30. The number of nitro benzene ring substituents is 3. The van der Waals surface area contributed by atoms with Crippen LogP contribution in [0.1, 0.15) is 43.4 Å². The fraction of sp³-hybridized carbons (Fsp3) is 0.391. The quantitative estimate of drug-likeness (QED) is 0.0323. The van der Waals surface area contributed by atoms with E-state index in [-0.39, 0.29) is 75.1 Å². The van der Waals surface area contributed by atoms with Gasteiger partial charge < -0.3 is 39.5 Å². The van der Waals surface area contributed by atoms with Crippen LogP contribution in [-0.2, 0) is 53.2 Å². The smallest absolute Gasteiger partial charge is 0.414 e. The summed E-state index contributed by atoms with van der Waals surface area (Å²) in [5.41, 5.74) is 0.342. The van der Waals surface area contributed by atoms with Crippen LogP contribution in [0, 0.1) is 42.2 Å². The molecule has 0 spiro atoms. The summed E-state index contributed by atoms with van der Waals surface area (Å²) in [5.74, 6) is -5.04. The average Bonchev–Trinajstić information content (AvgIpc) is 4.09. The Morgan fingerprint density at radius 2 is 1.28 bits per heavy atom. The molecule has 3 saturated heterocycles. The van der Waals surface area contributed by atoms with E-state index in [1.807, 2.05) is 0 Å². The first-order valence-corrected chi connectivity index (χ1v) is 23.9. The van der Waals surface area contributed by atoms with Crippen molar-refractivity contribution in [2.45, 2.75) is 76.0 Å². The summed E-state index contributed by atoms with van der Waals surface area (Å²) in [5, 5.41) is 60.3. The van der Waals surface area contributed by atoms with Crippen molar-refractivity contribution in [1.82, 2.24) is 30.7 Å². The molecule has 0 radical (unpaired) electrons. The lowest BCUT2D eigenvalue weighted by molar-refractivity contribution is -0.385. The second-order valence-corrected chi connectivity index (χ2v) is 19.0. The number of aliphatic carboxylic acids is 1. The van der Waals surface area contributed by atoms with Gasteiger partial charge in [0.05, 0.1) is 32.8 Å². The minimum absolute atomic E-state index is 0.0231. The summed E-state index contributed by atoms with van der Waals surface area (Å²) in [4.78, 5) is 132. The predicted molar refractivity (Wildman–Crippen MR) is 258 cm³/mol. The van der Waals surface area contributed by atoms with E-state index in [4.69, 9.17) is 14.2 Å². The molecule has 0 saturated carbocycles. The fourth-order valence-corrected chi connectivity index (χ4v) is 10.5. The molecule has 29 heteroatoms. The van der Waals surface area contributed by atoms with Gasteiger partial charge in [-0.1, -0.05) is 6.92 Å². The highest BCUT2D eigenvalue weighted by molar-refractivity contribution is 8.03. The SMILES string of the molecule is C[C@@H](O)[C@H]1C(=O)N2C(C(=O)O)=C(S[C@H]3C[C@@H](C(=O)N4CC[C@H](NC(=O)CN=C(NC(=O)OCc5ccc([N+](=O)[O-])cc5)NC(=O)OCc5ccc([N+](=O)[O-])cc5)C4)N(C(=O)OCc4ccc([N+](=O)[O-])cc4)C3)[C@H](C)[C@H]12. The van der Waals surface area contributed by atoms with Crippen LogP contribution in [0.25, 0.3) is 0 Å². The third kappa shape index (κ3) is 12.9. The van der Waals surface area contributed by atoms with Gasteiger partial charge in [0.1, 0.15) is 38.1 Å². The highest BCUT2D eigenvalue weighted by Gasteiger charge is 2.60. The van der Waals surface area contributed by atoms with Crippen LogP contribution in [0.3, 0.4) is 0 Å². The molecule has 28 nitrogen and oxygen atoms in total. The first kappa shape index (κ1) is 54.1. The number of ether oxygens (including phenoxy) is 3. The van der Waals surface area contributed by atoms with E-state index in [1.165, 1.54) is 94.4 Å². The first-order valence-electron chi connectivity index (χ1n) is 23.0. The number of amides is 6. The lowest BCUT2D eigenvalue weighted by Gasteiger charge is -2.46. The van der Waals surface area contributed by atoms with Gasteiger partial charge in [0.15, 0.2) is 0 Å². The van der Waals surface area contributed by atoms with Crippen molar-refractivity contribution in [1.29, 1.82) is 0 Å². The summed E-state index contributed by atoms with van der Waals surface area (Å²) < 4.78 is 15.9. The van der Waals surface area contributed by atoms with Crippen LogP contribution in [0.5, 0.6) is 0 Å². The molecule has 7 atom stereocenters. The van der Waals surface area contributed by atoms with Gasteiger partial charge in [-0.2, -0.15) is 0 Å². The molecule has 7 rings (SSSR count). The molecule has 6 amide bonds. The molecule has 0 bridgehead atoms. The van der Waals surface area contributed by atoms with E-state index in [0.29, 0.717) is 21.6 Å². The number of non-ortho nitro benzene ring substituents is 3. The fourth-order valence-electron chi connectivity index (χ4n) is 8.93. The average molecular weight is 1060 g/mol. The van der Waals surface area contributed by atoms with Crippen molar-refractivity contribution in [3.05, 3.63) is 130 Å². The summed E-state index contributed by atoms with van der Waals surface area (Å²) in [6.07, 6.45) is -4.00. The minimum atomic E-state index is -1.35. The van der Waals surface area contributed by atoms with Crippen molar-refractivity contribution in [2.24, 2.45) is 16.8 Å². The Bertz CT molecular complexity index is 2750. The van der Waals surface area contributed by atoms with Crippen LogP contribution in [0.15, 0.2) is 88.4 Å². The Morgan fingerprint density at radius 3 is 1.75 bits per heavy atom. The number of nitro groups is 3. The molecule has 4 heterocycles. The largest absolute Gasteiger partial charge is 0.477 e. The Balaban J connectivity index is 1.00. The third-order valence-electron chi connectivity index (χ3n) is 12.6. The van der Waals surface area contributed by atoms with Crippen LogP contribution < -0.4 is 16.0 Å². The maximum absolute atomic E-state index is 14.4. The zero-order valence-corrected chi connectivity index (χ0v) is 40.6. The molecule has 3 fully saturated rings. The molecular weight excluding hydrogens is 1010 g/mol. The summed E-state index contributed by atoms with van der Waals surface area (Å²) >= 11 is 1.12. The maximum atomic E-state index is 14.4. The Hall–Kier alpha value is -8.73. The number of β-lactam (4-membered cyclic amide) rings is 1. The lowest BCUT2D eigenvalue weighted by atomic mass is 9.79. The van der Waals surface area contributed by atoms with Gasteiger partial charge in [-0.05, 0) is 72.9 Å². The normalized spacial score (nSPS) is 21.0. The van der Waals surface area contributed by atoms with Crippen LogP contribution in [0.4, 0.5) is 31.4 Å². The highest BCUT2D eigenvalue weighted by atomic mass is 32.2. The van der Waals surface area contributed by atoms with Crippen molar-refractivity contribution in [3.63, 3.8) is 0 Å². The first-order chi connectivity index (χ1) is 35.7. The molecule has 75 heavy (non-hydrogen) atoms. The standard InChI is InChI=1S/C46H48N10O18S/c1-24-37-36(25(2)57)41(60)53(37)38(42(61)62)39(24)75-33-17-34(52(20-33)46(65)74-23-28-7-13-32(14-8-28)56(70)71)40(59)51-16-15-29(19-51)48-35(58)18-47-43(49-44(63)72-21-26-3-9-30(10-4-26)54(66)67)50-45(64)73-22-27-5-11-31(12-6-27)55(68)69/h3-14,24-25,29,33-34,36-37,57H,15-23H2,1-2H3,(H,48,58)(H,61,62)(H2,47,49,50,63,64)/t24-,25-,29+,33+,34+,36-,37-/m1/s1. The summed E-state index contributed by atoms with van der Waals surface area (Å²) in [6, 6.07) is 13.1. The molecule has 5 N–H and O–H groups in total. The number of carbonyl (C=O) groups is 7. The van der Waals surface area contributed by atoms with Crippen LogP contribution in [0.2, 0.25) is 0 Å². The molecule has 4 aliphatic rings. The lowest BCUT2D eigenvalue weighted by Crippen LogP contribution is -2.63. The van der Waals surface area contributed by atoms with E-state index in [0.717, 1.165) is 11.8 Å². The monoisotopic (exact) mass is 1060 g/mol. The number of guanidine groups is 1. The number of nitrogens with zero attached hydrogens (tertiary/aromatic N) is 7. The number of hydrogen-bond acceptors (Lipinski definition) is 19. The second kappa shape index (κ2) is 23.4. The number of fused-ring (bicyclic) bond motifs is 1. The number of hydrogen-bond donors (Lipinski definition) is 5. The van der Waals surface area contributed by atoms with Gasteiger partial charge in [-0.25, -0.2) is 24.2 Å². The molecule has 0 aliphatic carbocycles. The van der Waals surface area contributed by atoms with E-state index >= 15 is 0 Å². The zero-order chi connectivity index (χ0) is 54.2. The molecule has 0 unspecified atom stereocenters. The van der Waals surface area contributed by atoms with Crippen LogP contribution >= 0.6 is 11.8 Å². The Morgan fingerprint density at radius 1 is 0.787 bits per heavy atom. The van der Waals surface area contributed by atoms with Crippen molar-refractivity contribution in [2.75, 3.05) is 26.2 Å². The van der Waals surface area contributed by atoms with E-state index in [2.05, 4.69) is 20.9 Å². The van der Waals surface area contributed by atoms with Gasteiger partial charge in [0.25, 0.3) is 17.1 Å². The van der Waals surface area contributed by atoms with Crippen LogP contribution in [-0.4, -0.2) is 143 Å². The summed E-state index contributed by atoms with van der Waals surface area (Å²) in [6.45, 7) is 1.45. The number of alkyl carbamates (subject to hydrolysis) is 2. The summed E-state index contributed by atoms with van der Waals surface area (Å²) in [7, 11) is 0. The van der Waals surface area contributed by atoms with Crippen molar-refractivity contribution in [3.8, 4) is 0 Å². The van der Waals surface area contributed by atoms with E-state index < -0.39 is 111 Å². The Kier molecular flexibility index (Phi) is 16.9. The number of rotatable bonds is 17. The zero-order valence-electron chi connectivity index (χ0n) is 39.8. The van der Waals surface area contributed by atoms with E-state index in [9.17, 15) is 74.1 Å². The Labute approximate surface area is 428 Å². The maximum Gasteiger partial charge on any atom is 0.414 e. The van der Waals surface area contributed by atoms with Gasteiger partial charge in [-0.3, -0.25) is 60.3 Å². The van der Waals surface area contributed by atoms with Gasteiger partial charge in [0.2, 0.25) is 23.7 Å². The number of carbonyl (C=O) groups excluding carboxylic acids is 6. The highest BCUT2D eigenvalue weighted by Crippen LogP contribution is 2.52. The van der Waals surface area contributed by atoms with Gasteiger partial charge in [0, 0.05) is 78.1 Å². The topological polar surface area (TPSA) is 375 Å². The molecule has 4 aliphatic heterocycles. The number of aliphatic hydroxyl groups is 1. The number of aliphatic imine (C=N–C) groups is 1. The molecule has 396 valence electrons. The van der Waals surface area contributed by atoms with Gasteiger partial charge in [-0.15, -0.1) is 11.8 Å². The molecule has 3 aromatic rings. The number of thioether (sulfide) groups is 1. The molecule has 0 aromatic heterocycles. The number of likely N-dealkylation sites (tertiary alicyclic amines) is 2. The molecule has 3 aromatic carbocycles. The minimum Gasteiger partial charge on any atom is -0.477 e. The number of carboxylic acids is 1. The second-order valence-electron chi connectivity index (χ2n) is 17.6.